The van der Waals surface area contributed by atoms with Gasteiger partial charge in [-0.15, -0.1) is 0 Å². The first-order valence-corrected chi connectivity index (χ1v) is 9.15. The molecule has 0 saturated heterocycles. The normalized spacial score (nSPS) is 11.7. The number of hydrogen-bond acceptors (Lipinski definition) is 4. The molecule has 5 nitrogen and oxygen atoms in total. The molecule has 1 amide bonds. The topological polar surface area (TPSA) is 64.6 Å². The molecule has 0 bridgehead atoms. The van der Waals surface area contributed by atoms with E-state index in [0.29, 0.717) is 18.2 Å². The second kappa shape index (κ2) is 10.4. The number of rotatable bonds is 9. The molecule has 2 aromatic carbocycles. The molecule has 5 heteroatoms. The molecular weight excluding hydrogens is 342 g/mol. The van der Waals surface area contributed by atoms with E-state index in [1.807, 2.05) is 61.5 Å². The van der Waals surface area contributed by atoms with Crippen LogP contribution in [0, 0.1) is 0 Å². The molecule has 0 aliphatic heterocycles. The molecule has 0 aromatic heterocycles. The Hall–Kier alpha value is -2.82. The zero-order valence-electron chi connectivity index (χ0n) is 16.1. The molecule has 0 unspecified atom stereocenters. The van der Waals surface area contributed by atoms with Gasteiger partial charge in [0.25, 0.3) is 5.91 Å². The van der Waals surface area contributed by atoms with Crippen molar-refractivity contribution in [2.75, 3.05) is 19.8 Å². The van der Waals surface area contributed by atoms with Crippen molar-refractivity contribution in [3.05, 3.63) is 65.7 Å². The second-order valence-electron chi connectivity index (χ2n) is 6.79. The van der Waals surface area contributed by atoms with Crippen LogP contribution < -0.4 is 10.1 Å². The van der Waals surface area contributed by atoms with Gasteiger partial charge in [-0.2, -0.15) is 0 Å². The Morgan fingerprint density at radius 1 is 0.889 bits per heavy atom. The fraction of sp³-hybridized carbons (Fsp3) is 0.364. The molecule has 0 aliphatic rings. The summed E-state index contributed by atoms with van der Waals surface area (Å²) in [5, 5.41) is 2.77. The van der Waals surface area contributed by atoms with Crippen molar-refractivity contribution < 1.29 is 19.1 Å². The van der Waals surface area contributed by atoms with Crippen molar-refractivity contribution in [1.82, 2.24) is 5.32 Å². The first-order valence-electron chi connectivity index (χ1n) is 9.15. The molecular formula is C22H27NO4. The van der Waals surface area contributed by atoms with Crippen LogP contribution in [0.1, 0.15) is 43.7 Å². The number of ether oxygens (including phenoxy) is 2. The van der Waals surface area contributed by atoms with Gasteiger partial charge >= 0.3 is 5.97 Å². The number of esters is 1. The summed E-state index contributed by atoms with van der Waals surface area (Å²) in [5.74, 6) is 0.314. The van der Waals surface area contributed by atoms with E-state index in [2.05, 4.69) is 19.2 Å². The SMILES string of the molecule is CC(C)c1ccc(OCC(=O)OCC(=O)NC[C@H](C)c2ccccc2)cc1. The lowest BCUT2D eigenvalue weighted by Crippen LogP contribution is -2.32. The van der Waals surface area contributed by atoms with Crippen LogP contribution in [0.5, 0.6) is 5.75 Å². The average molecular weight is 369 g/mol. The van der Waals surface area contributed by atoms with E-state index in [-0.39, 0.29) is 25.0 Å². The van der Waals surface area contributed by atoms with Crippen molar-refractivity contribution in [2.24, 2.45) is 0 Å². The van der Waals surface area contributed by atoms with E-state index in [1.165, 1.54) is 5.56 Å². The third-order valence-corrected chi connectivity index (χ3v) is 4.24. The molecule has 27 heavy (non-hydrogen) atoms. The van der Waals surface area contributed by atoms with Gasteiger partial charge in [0.2, 0.25) is 0 Å². The molecule has 0 heterocycles. The molecule has 0 fully saturated rings. The van der Waals surface area contributed by atoms with E-state index >= 15 is 0 Å². The zero-order valence-corrected chi connectivity index (χ0v) is 16.1. The molecule has 0 aliphatic carbocycles. The maximum Gasteiger partial charge on any atom is 0.344 e. The predicted octanol–water partition coefficient (Wildman–Crippen LogP) is 3.65. The predicted molar refractivity (Wildman–Crippen MR) is 105 cm³/mol. The summed E-state index contributed by atoms with van der Waals surface area (Å²) in [6, 6.07) is 17.5. The third-order valence-electron chi connectivity index (χ3n) is 4.24. The molecule has 2 aromatic rings. The van der Waals surface area contributed by atoms with Gasteiger partial charge in [0.05, 0.1) is 0 Å². The monoisotopic (exact) mass is 369 g/mol. The fourth-order valence-electron chi connectivity index (χ4n) is 2.50. The first-order chi connectivity index (χ1) is 13.0. The van der Waals surface area contributed by atoms with E-state index in [1.54, 1.807) is 0 Å². The van der Waals surface area contributed by atoms with Crippen molar-refractivity contribution in [1.29, 1.82) is 0 Å². The van der Waals surface area contributed by atoms with E-state index in [0.717, 1.165) is 5.56 Å². The highest BCUT2D eigenvalue weighted by molar-refractivity contribution is 5.80. The Morgan fingerprint density at radius 2 is 1.56 bits per heavy atom. The van der Waals surface area contributed by atoms with Crippen LogP contribution in [0.15, 0.2) is 54.6 Å². The summed E-state index contributed by atoms with van der Waals surface area (Å²) in [5.41, 5.74) is 2.35. The minimum atomic E-state index is -0.575. The van der Waals surface area contributed by atoms with Gasteiger partial charge in [-0.25, -0.2) is 4.79 Å². The number of hydrogen-bond donors (Lipinski definition) is 1. The van der Waals surface area contributed by atoms with E-state index in [4.69, 9.17) is 9.47 Å². The summed E-state index contributed by atoms with van der Waals surface area (Å²) in [6.07, 6.45) is 0. The molecule has 2 rings (SSSR count). The standard InChI is InChI=1S/C22H27NO4/c1-16(2)18-9-11-20(12-10-18)26-15-22(25)27-14-21(24)23-13-17(3)19-7-5-4-6-8-19/h4-12,16-17H,13-15H2,1-3H3,(H,23,24)/t17-/m0/s1. The summed E-state index contributed by atoms with van der Waals surface area (Å²) in [6.45, 7) is 6.20. The highest BCUT2D eigenvalue weighted by atomic mass is 16.6. The van der Waals surface area contributed by atoms with Crippen LogP contribution in [-0.2, 0) is 14.3 Å². The van der Waals surface area contributed by atoms with Crippen molar-refractivity contribution >= 4 is 11.9 Å². The number of carbonyl (C=O) groups is 2. The van der Waals surface area contributed by atoms with Gasteiger partial charge < -0.3 is 14.8 Å². The van der Waals surface area contributed by atoms with E-state index < -0.39 is 5.97 Å². The van der Waals surface area contributed by atoms with Crippen molar-refractivity contribution in [3.8, 4) is 5.75 Å². The summed E-state index contributed by atoms with van der Waals surface area (Å²) in [7, 11) is 0. The number of nitrogens with one attached hydrogen (secondary N) is 1. The number of benzene rings is 2. The van der Waals surface area contributed by atoms with E-state index in [9.17, 15) is 9.59 Å². The fourth-order valence-corrected chi connectivity index (χ4v) is 2.50. The Labute approximate surface area is 160 Å². The van der Waals surface area contributed by atoms with Crippen LogP contribution in [-0.4, -0.2) is 31.6 Å². The third kappa shape index (κ3) is 7.13. The Balaban J connectivity index is 1.65. The second-order valence-corrected chi connectivity index (χ2v) is 6.79. The van der Waals surface area contributed by atoms with Gasteiger partial charge in [0.15, 0.2) is 13.2 Å². The van der Waals surface area contributed by atoms with Crippen LogP contribution in [0.4, 0.5) is 0 Å². The van der Waals surface area contributed by atoms with Crippen LogP contribution >= 0.6 is 0 Å². The summed E-state index contributed by atoms with van der Waals surface area (Å²) >= 11 is 0. The maximum absolute atomic E-state index is 11.8. The van der Waals surface area contributed by atoms with Crippen LogP contribution in [0.2, 0.25) is 0 Å². The van der Waals surface area contributed by atoms with Crippen molar-refractivity contribution in [2.45, 2.75) is 32.6 Å². The molecule has 0 radical (unpaired) electrons. The van der Waals surface area contributed by atoms with Gasteiger partial charge in [0, 0.05) is 6.54 Å². The highest BCUT2D eigenvalue weighted by Gasteiger charge is 2.11. The molecule has 0 saturated carbocycles. The largest absolute Gasteiger partial charge is 0.482 e. The van der Waals surface area contributed by atoms with Gasteiger partial charge in [0.1, 0.15) is 5.75 Å². The maximum atomic E-state index is 11.8. The lowest BCUT2D eigenvalue weighted by molar-refractivity contribution is -0.150. The van der Waals surface area contributed by atoms with Gasteiger partial charge in [-0.3, -0.25) is 4.79 Å². The molecule has 1 N–H and O–H groups in total. The smallest absolute Gasteiger partial charge is 0.344 e. The lowest BCUT2D eigenvalue weighted by Gasteiger charge is -2.13. The lowest BCUT2D eigenvalue weighted by atomic mass is 10.0. The molecule has 0 spiro atoms. The first kappa shape index (κ1) is 20.5. The van der Waals surface area contributed by atoms with Gasteiger partial charge in [-0.05, 0) is 35.1 Å². The Kier molecular flexibility index (Phi) is 7.86. The Bertz CT molecular complexity index is 726. The number of amides is 1. The van der Waals surface area contributed by atoms with Crippen molar-refractivity contribution in [3.63, 3.8) is 0 Å². The highest BCUT2D eigenvalue weighted by Crippen LogP contribution is 2.18. The zero-order chi connectivity index (χ0) is 19.6. The minimum absolute atomic E-state index is 0.183. The quantitative estimate of drug-likeness (QED) is 0.685. The Morgan fingerprint density at radius 3 is 2.19 bits per heavy atom. The average Bonchev–Trinajstić information content (AvgIpc) is 2.69. The van der Waals surface area contributed by atoms with Crippen LogP contribution in [0.25, 0.3) is 0 Å². The van der Waals surface area contributed by atoms with Gasteiger partial charge in [-0.1, -0.05) is 63.2 Å². The minimum Gasteiger partial charge on any atom is -0.482 e. The number of carbonyl (C=O) groups excluding carboxylic acids is 2. The summed E-state index contributed by atoms with van der Waals surface area (Å²) in [4.78, 5) is 23.6. The molecule has 144 valence electrons. The molecule has 1 atom stereocenters. The summed E-state index contributed by atoms with van der Waals surface area (Å²) < 4.78 is 10.3. The van der Waals surface area contributed by atoms with Crippen LogP contribution in [0.3, 0.4) is 0 Å².